The number of carbonyl (C=O) groups excluding carboxylic acids is 1. The minimum Gasteiger partial charge on any atom is -0.450 e. The molecule has 1 aliphatic rings. The molecule has 24 heavy (non-hydrogen) atoms. The van der Waals surface area contributed by atoms with E-state index in [4.69, 9.17) is 4.74 Å². The molecule has 0 saturated carbocycles. The van der Waals surface area contributed by atoms with E-state index in [1.807, 2.05) is 48.5 Å². The summed E-state index contributed by atoms with van der Waals surface area (Å²) in [6, 6.07) is 19.8. The Morgan fingerprint density at radius 1 is 1.04 bits per heavy atom. The predicted molar refractivity (Wildman–Crippen MR) is 95.9 cm³/mol. The van der Waals surface area contributed by atoms with Gasteiger partial charge in [0.2, 0.25) is 0 Å². The number of esters is 1. The maximum absolute atomic E-state index is 12.8. The highest BCUT2D eigenvalue weighted by Crippen LogP contribution is 2.43. The summed E-state index contributed by atoms with van der Waals surface area (Å²) in [6.07, 6.45) is 0.799. The van der Waals surface area contributed by atoms with E-state index in [-0.39, 0.29) is 11.9 Å². The number of rotatable bonds is 3. The van der Waals surface area contributed by atoms with Crippen molar-refractivity contribution in [2.45, 2.75) is 31.9 Å². The quantitative estimate of drug-likeness (QED) is 0.797. The van der Waals surface area contributed by atoms with Gasteiger partial charge in [0.25, 0.3) is 0 Å². The van der Waals surface area contributed by atoms with Gasteiger partial charge in [-0.05, 0) is 31.7 Å². The Balaban J connectivity index is 1.98. The Morgan fingerprint density at radius 2 is 1.62 bits per heavy atom. The number of benzene rings is 2. The summed E-state index contributed by atoms with van der Waals surface area (Å²) in [4.78, 5) is 15.1. The fourth-order valence-electron chi connectivity index (χ4n) is 3.68. The molecule has 0 N–H and O–H groups in total. The first kappa shape index (κ1) is 16.7. The Bertz CT molecular complexity index is 685. The molecule has 0 aromatic heterocycles. The molecule has 0 radical (unpaired) electrons. The molecule has 126 valence electrons. The molecule has 1 saturated heterocycles. The molecule has 2 aromatic rings. The lowest BCUT2D eigenvalue weighted by atomic mass is 9.74. The van der Waals surface area contributed by atoms with Crippen molar-refractivity contribution < 1.29 is 9.53 Å². The highest BCUT2D eigenvalue weighted by Gasteiger charge is 2.47. The number of hydrogen-bond acceptors (Lipinski definition) is 3. The van der Waals surface area contributed by atoms with E-state index < -0.39 is 5.60 Å². The molecule has 0 aliphatic carbocycles. The number of likely N-dealkylation sites (tertiary alicyclic amines) is 1. The Labute approximate surface area is 144 Å². The first-order valence-corrected chi connectivity index (χ1v) is 8.57. The molecule has 0 spiro atoms. The number of hydrogen-bond donors (Lipinski definition) is 0. The predicted octanol–water partition coefficient (Wildman–Crippen LogP) is 4.10. The number of nitrogens with zero attached hydrogens (tertiary/aromatic N) is 1. The smallest absolute Gasteiger partial charge is 0.339 e. The van der Waals surface area contributed by atoms with Crippen LogP contribution in [0, 0.1) is 5.92 Å². The van der Waals surface area contributed by atoms with Crippen LogP contribution in [-0.4, -0.2) is 30.5 Å². The third-order valence-corrected chi connectivity index (χ3v) is 5.26. The van der Waals surface area contributed by atoms with Crippen LogP contribution in [0.2, 0.25) is 0 Å². The summed E-state index contributed by atoms with van der Waals surface area (Å²) >= 11 is 0. The van der Waals surface area contributed by atoms with Crippen LogP contribution < -0.4 is 0 Å². The number of piperidine rings is 1. The Kier molecular flexibility index (Phi) is 4.72. The maximum Gasteiger partial charge on any atom is 0.339 e. The highest BCUT2D eigenvalue weighted by molar-refractivity contribution is 5.89. The average molecular weight is 323 g/mol. The molecule has 0 unspecified atom stereocenters. The third kappa shape index (κ3) is 3.09. The van der Waals surface area contributed by atoms with E-state index in [1.54, 1.807) is 0 Å². The first-order chi connectivity index (χ1) is 11.5. The summed E-state index contributed by atoms with van der Waals surface area (Å²) in [6.45, 7) is 5.27. The molecule has 3 atom stereocenters. The van der Waals surface area contributed by atoms with E-state index in [0.29, 0.717) is 11.6 Å². The SMILES string of the molecule is C[C@@H]1C[C@@](OC(=O)c2ccccc2)(c2ccccc2)[C@H](C)CN1C. The van der Waals surface area contributed by atoms with Gasteiger partial charge in [0.1, 0.15) is 5.60 Å². The van der Waals surface area contributed by atoms with Gasteiger partial charge in [-0.2, -0.15) is 0 Å². The van der Waals surface area contributed by atoms with Crippen molar-refractivity contribution >= 4 is 5.97 Å². The van der Waals surface area contributed by atoms with Gasteiger partial charge in [-0.1, -0.05) is 55.5 Å². The van der Waals surface area contributed by atoms with Crippen LogP contribution in [0.5, 0.6) is 0 Å². The van der Waals surface area contributed by atoms with Gasteiger partial charge in [-0.3, -0.25) is 0 Å². The van der Waals surface area contributed by atoms with Crippen LogP contribution in [0.3, 0.4) is 0 Å². The molecular weight excluding hydrogens is 298 g/mol. The van der Waals surface area contributed by atoms with E-state index in [9.17, 15) is 4.79 Å². The summed E-state index contributed by atoms with van der Waals surface area (Å²) in [5, 5.41) is 0. The van der Waals surface area contributed by atoms with Crippen molar-refractivity contribution in [2.75, 3.05) is 13.6 Å². The molecule has 2 aromatic carbocycles. The van der Waals surface area contributed by atoms with Crippen molar-refractivity contribution in [1.82, 2.24) is 4.90 Å². The fourth-order valence-corrected chi connectivity index (χ4v) is 3.68. The summed E-state index contributed by atoms with van der Waals surface area (Å²) in [7, 11) is 2.13. The molecule has 1 heterocycles. The molecule has 3 heteroatoms. The zero-order valence-corrected chi connectivity index (χ0v) is 14.6. The molecule has 3 nitrogen and oxygen atoms in total. The van der Waals surface area contributed by atoms with Gasteiger partial charge < -0.3 is 9.64 Å². The first-order valence-electron chi connectivity index (χ1n) is 8.57. The minimum absolute atomic E-state index is 0.216. The maximum atomic E-state index is 12.8. The van der Waals surface area contributed by atoms with Gasteiger partial charge >= 0.3 is 5.97 Å². The van der Waals surface area contributed by atoms with Gasteiger partial charge in [0, 0.05) is 24.9 Å². The van der Waals surface area contributed by atoms with Crippen molar-refractivity contribution in [3.8, 4) is 0 Å². The topological polar surface area (TPSA) is 29.5 Å². The largest absolute Gasteiger partial charge is 0.450 e. The monoisotopic (exact) mass is 323 g/mol. The zero-order valence-electron chi connectivity index (χ0n) is 14.6. The van der Waals surface area contributed by atoms with Gasteiger partial charge in [-0.25, -0.2) is 4.79 Å². The molecule has 0 bridgehead atoms. The van der Waals surface area contributed by atoms with E-state index in [1.165, 1.54) is 0 Å². The van der Waals surface area contributed by atoms with Crippen LogP contribution in [0.1, 0.15) is 36.2 Å². The summed E-state index contributed by atoms with van der Waals surface area (Å²) < 4.78 is 6.22. The number of ether oxygens (including phenoxy) is 1. The summed E-state index contributed by atoms with van der Waals surface area (Å²) in [5.41, 5.74) is 1.11. The molecular formula is C21H25NO2. The minimum atomic E-state index is -0.583. The van der Waals surface area contributed by atoms with E-state index >= 15 is 0 Å². The van der Waals surface area contributed by atoms with Gasteiger partial charge in [0.05, 0.1) is 5.56 Å². The van der Waals surface area contributed by atoms with Crippen LogP contribution >= 0.6 is 0 Å². The normalized spacial score (nSPS) is 27.6. The Morgan fingerprint density at radius 3 is 2.25 bits per heavy atom. The zero-order chi connectivity index (χ0) is 17.2. The van der Waals surface area contributed by atoms with Crippen LogP contribution in [0.4, 0.5) is 0 Å². The molecule has 1 aliphatic heterocycles. The van der Waals surface area contributed by atoms with E-state index in [2.05, 4.69) is 37.9 Å². The second kappa shape index (κ2) is 6.78. The van der Waals surface area contributed by atoms with Crippen molar-refractivity contribution in [2.24, 2.45) is 5.92 Å². The summed E-state index contributed by atoms with van der Waals surface area (Å²) in [5.74, 6) is -0.0307. The molecule has 0 amide bonds. The third-order valence-electron chi connectivity index (χ3n) is 5.26. The van der Waals surface area contributed by atoms with E-state index in [0.717, 1.165) is 18.5 Å². The van der Waals surface area contributed by atoms with Crippen molar-refractivity contribution in [3.63, 3.8) is 0 Å². The number of carbonyl (C=O) groups is 1. The average Bonchev–Trinajstić information content (AvgIpc) is 2.61. The lowest BCUT2D eigenvalue weighted by molar-refractivity contribution is -0.0989. The highest BCUT2D eigenvalue weighted by atomic mass is 16.6. The van der Waals surface area contributed by atoms with Gasteiger partial charge in [-0.15, -0.1) is 0 Å². The lowest BCUT2D eigenvalue weighted by Crippen LogP contribution is -2.53. The second-order valence-corrected chi connectivity index (χ2v) is 6.90. The van der Waals surface area contributed by atoms with Crippen LogP contribution in [-0.2, 0) is 10.3 Å². The van der Waals surface area contributed by atoms with Crippen molar-refractivity contribution in [1.29, 1.82) is 0 Å². The fraction of sp³-hybridized carbons (Fsp3) is 0.381. The van der Waals surface area contributed by atoms with Crippen LogP contribution in [0.25, 0.3) is 0 Å². The standard InChI is InChI=1S/C21H25NO2/c1-16-15-22(3)17(2)14-21(16,19-12-8-5-9-13-19)24-20(23)18-10-6-4-7-11-18/h4-13,16-17H,14-15H2,1-3H3/t16-,17-,21+/m1/s1. The van der Waals surface area contributed by atoms with Crippen LogP contribution in [0.15, 0.2) is 60.7 Å². The second-order valence-electron chi connectivity index (χ2n) is 6.90. The lowest BCUT2D eigenvalue weighted by Gasteiger charge is -2.48. The molecule has 1 fully saturated rings. The van der Waals surface area contributed by atoms with Crippen molar-refractivity contribution in [3.05, 3.63) is 71.8 Å². The Hall–Kier alpha value is -2.13. The molecule has 3 rings (SSSR count). The van der Waals surface area contributed by atoms with Gasteiger partial charge in [0.15, 0.2) is 0 Å².